The van der Waals surface area contributed by atoms with E-state index in [2.05, 4.69) is 4.52 Å². The van der Waals surface area contributed by atoms with Gasteiger partial charge in [-0.25, -0.2) is 4.57 Å². The van der Waals surface area contributed by atoms with Crippen molar-refractivity contribution in [2.75, 3.05) is 33.5 Å². The van der Waals surface area contributed by atoms with Gasteiger partial charge in [0.1, 0.15) is 12.2 Å². The summed E-state index contributed by atoms with van der Waals surface area (Å²) in [5, 5.41) is 0. The number of phosphoric ester groups is 2. The zero-order valence-corrected chi connectivity index (χ0v) is 14.8. The van der Waals surface area contributed by atoms with Crippen LogP contribution in [-0.2, 0) is 32.0 Å². The molecule has 1 aliphatic rings. The Balaban J connectivity index is 2.34. The lowest BCUT2D eigenvalue weighted by atomic mass is 10.2. The summed E-state index contributed by atoms with van der Waals surface area (Å²) in [5.41, 5.74) is 5.33. The zero-order valence-electron chi connectivity index (χ0n) is 13.0. The van der Waals surface area contributed by atoms with Gasteiger partial charge < -0.3 is 29.3 Å². The highest BCUT2D eigenvalue weighted by Crippen LogP contribution is 2.46. The largest absolute Gasteiger partial charge is 0.756 e. The van der Waals surface area contributed by atoms with Crippen LogP contribution in [0.1, 0.15) is 25.7 Å². The van der Waals surface area contributed by atoms with Gasteiger partial charge in [0.25, 0.3) is 7.82 Å². The molecule has 1 heterocycles. The van der Waals surface area contributed by atoms with Gasteiger partial charge in [-0.1, -0.05) is 0 Å². The molecule has 0 bridgehead atoms. The van der Waals surface area contributed by atoms with E-state index in [0.717, 1.165) is 20.0 Å². The van der Waals surface area contributed by atoms with E-state index >= 15 is 0 Å². The van der Waals surface area contributed by atoms with E-state index in [1.807, 2.05) is 0 Å². The second-order valence-electron chi connectivity index (χ2n) is 4.92. The van der Waals surface area contributed by atoms with Gasteiger partial charge in [0.15, 0.2) is 0 Å². The topological polar surface area (TPSA) is 150 Å². The highest BCUT2D eigenvalue weighted by Gasteiger charge is 2.36. The molecule has 1 aliphatic heterocycles. The van der Waals surface area contributed by atoms with Crippen LogP contribution in [-0.4, -0.2) is 50.6 Å². The van der Waals surface area contributed by atoms with Gasteiger partial charge >= 0.3 is 7.82 Å². The third-order valence-electron chi connectivity index (χ3n) is 3.14. The van der Waals surface area contributed by atoms with Gasteiger partial charge in [0, 0.05) is 20.1 Å². The summed E-state index contributed by atoms with van der Waals surface area (Å²) >= 11 is 0. The molecular formula is C11H24NO9P2-. The summed E-state index contributed by atoms with van der Waals surface area (Å²) in [4.78, 5) is 20.9. The van der Waals surface area contributed by atoms with Crippen molar-refractivity contribution >= 4 is 15.6 Å². The van der Waals surface area contributed by atoms with Crippen LogP contribution in [0, 0.1) is 0 Å². The Morgan fingerprint density at radius 1 is 1.30 bits per heavy atom. The minimum absolute atomic E-state index is 0.0156. The first kappa shape index (κ1) is 21.2. The van der Waals surface area contributed by atoms with Gasteiger partial charge in [-0.15, -0.1) is 0 Å². The van der Waals surface area contributed by atoms with E-state index in [1.54, 1.807) is 0 Å². The first-order valence-corrected chi connectivity index (χ1v) is 10.2. The fourth-order valence-electron chi connectivity index (χ4n) is 1.92. The quantitative estimate of drug-likeness (QED) is 0.365. The number of nitrogens with two attached hydrogens (primary N) is 1. The van der Waals surface area contributed by atoms with Crippen LogP contribution < -0.4 is 10.6 Å². The molecule has 3 N–H and O–H groups in total. The lowest BCUT2D eigenvalue weighted by molar-refractivity contribution is -0.227. The number of phosphoric acid groups is 2. The normalized spacial score (nSPS) is 26.8. The van der Waals surface area contributed by atoms with Crippen molar-refractivity contribution in [3.8, 4) is 0 Å². The molecule has 138 valence electrons. The number of rotatable bonds is 12. The second-order valence-corrected chi connectivity index (χ2v) is 7.84. The molecule has 10 nitrogen and oxygen atoms in total. The van der Waals surface area contributed by atoms with Crippen molar-refractivity contribution < 1.29 is 41.7 Å². The SMILES string of the molecule is COP(=O)(O)O[C@@H]1CCO[C@@H]1COP(=O)([O-])OCCCCCN. The highest BCUT2D eigenvalue weighted by molar-refractivity contribution is 7.47. The van der Waals surface area contributed by atoms with Crippen molar-refractivity contribution in [2.24, 2.45) is 5.73 Å². The molecule has 12 heteroatoms. The molecule has 0 aliphatic carbocycles. The zero-order chi connectivity index (χ0) is 17.3. The average molecular weight is 376 g/mol. The second kappa shape index (κ2) is 10.2. The van der Waals surface area contributed by atoms with Crippen molar-refractivity contribution in [1.29, 1.82) is 0 Å². The number of unbranched alkanes of at least 4 members (excludes halogenated alkanes) is 2. The summed E-state index contributed by atoms with van der Waals surface area (Å²) in [6, 6.07) is 0. The Hall–Kier alpha value is 0.140. The van der Waals surface area contributed by atoms with Crippen molar-refractivity contribution in [2.45, 2.75) is 37.9 Å². The van der Waals surface area contributed by atoms with E-state index in [-0.39, 0.29) is 19.8 Å². The maximum absolute atomic E-state index is 11.6. The summed E-state index contributed by atoms with van der Waals surface area (Å²) in [6.45, 7) is 0.452. The van der Waals surface area contributed by atoms with Crippen LogP contribution in [0.25, 0.3) is 0 Å². The van der Waals surface area contributed by atoms with Gasteiger partial charge in [-0.2, -0.15) is 0 Å². The molecule has 23 heavy (non-hydrogen) atoms. The van der Waals surface area contributed by atoms with Crippen LogP contribution in [0.2, 0.25) is 0 Å². The Kier molecular flexibility index (Phi) is 9.40. The van der Waals surface area contributed by atoms with Crippen LogP contribution in [0.3, 0.4) is 0 Å². The minimum Gasteiger partial charge on any atom is -0.756 e. The molecule has 2 unspecified atom stereocenters. The van der Waals surface area contributed by atoms with E-state index in [1.165, 1.54) is 0 Å². The van der Waals surface area contributed by atoms with Crippen LogP contribution in [0.15, 0.2) is 0 Å². The molecule has 1 rings (SSSR count). The number of ether oxygens (including phenoxy) is 1. The van der Waals surface area contributed by atoms with E-state index in [9.17, 15) is 18.9 Å². The molecule has 0 amide bonds. The molecule has 0 aromatic carbocycles. The lowest BCUT2D eigenvalue weighted by Crippen LogP contribution is -2.29. The smallest absolute Gasteiger partial charge is 0.472 e. The third-order valence-corrected chi connectivity index (χ3v) is 5.11. The maximum Gasteiger partial charge on any atom is 0.472 e. The Morgan fingerprint density at radius 2 is 2.04 bits per heavy atom. The molecule has 0 aromatic rings. The number of hydrogen-bond donors (Lipinski definition) is 2. The standard InChI is InChI=1S/C11H25NO9P2/c1-17-22(13,14)21-10-5-8-18-11(10)9-20-23(15,16)19-7-4-2-3-6-12/h10-11H,2-9,12H2,1H3,(H,13,14)(H,15,16)/p-1/t10-,11-/m1/s1. The summed E-state index contributed by atoms with van der Waals surface area (Å²) in [5.74, 6) is 0. The number of hydrogen-bond acceptors (Lipinski definition) is 9. The minimum atomic E-state index is -4.46. The maximum atomic E-state index is 11.6. The Labute approximate surface area is 135 Å². The molecule has 4 atom stereocenters. The highest BCUT2D eigenvalue weighted by atomic mass is 31.2. The predicted molar refractivity (Wildman–Crippen MR) is 78.5 cm³/mol. The Bertz CT molecular complexity index is 436. The molecule has 0 spiro atoms. The fourth-order valence-corrected chi connectivity index (χ4v) is 3.35. The molecular weight excluding hydrogens is 352 g/mol. The van der Waals surface area contributed by atoms with E-state index in [4.69, 9.17) is 24.0 Å². The van der Waals surface area contributed by atoms with E-state index < -0.39 is 27.9 Å². The molecule has 0 aromatic heterocycles. The first-order valence-electron chi connectivity index (χ1n) is 7.28. The van der Waals surface area contributed by atoms with Crippen molar-refractivity contribution in [3.05, 3.63) is 0 Å². The van der Waals surface area contributed by atoms with E-state index in [0.29, 0.717) is 19.4 Å². The summed E-state index contributed by atoms with van der Waals surface area (Å²) < 4.78 is 46.9. The Morgan fingerprint density at radius 3 is 2.70 bits per heavy atom. The molecule has 1 fully saturated rings. The van der Waals surface area contributed by atoms with Crippen molar-refractivity contribution in [3.63, 3.8) is 0 Å². The monoisotopic (exact) mass is 376 g/mol. The predicted octanol–water partition coefficient (Wildman–Crippen LogP) is 0.538. The fraction of sp³-hybridized carbons (Fsp3) is 1.00. The third kappa shape index (κ3) is 8.69. The molecule has 0 radical (unpaired) electrons. The van der Waals surface area contributed by atoms with Crippen molar-refractivity contribution in [1.82, 2.24) is 0 Å². The van der Waals surface area contributed by atoms with Gasteiger partial charge in [0.05, 0.1) is 13.2 Å². The molecule has 1 saturated heterocycles. The van der Waals surface area contributed by atoms with Crippen LogP contribution in [0.5, 0.6) is 0 Å². The lowest BCUT2D eigenvalue weighted by Gasteiger charge is -2.26. The first-order chi connectivity index (χ1) is 10.8. The summed E-state index contributed by atoms with van der Waals surface area (Å²) in [6.07, 6.45) is 0.846. The molecule has 0 saturated carbocycles. The summed E-state index contributed by atoms with van der Waals surface area (Å²) in [7, 11) is -7.60. The van der Waals surface area contributed by atoms with Gasteiger partial charge in [-0.05, 0) is 25.8 Å². The van der Waals surface area contributed by atoms with Crippen LogP contribution in [0.4, 0.5) is 0 Å². The van der Waals surface area contributed by atoms with Gasteiger partial charge in [-0.3, -0.25) is 13.6 Å². The van der Waals surface area contributed by atoms with Gasteiger partial charge in [0.2, 0.25) is 0 Å². The average Bonchev–Trinajstić information content (AvgIpc) is 2.91. The van der Waals surface area contributed by atoms with Crippen LogP contribution >= 0.6 is 15.6 Å².